The van der Waals surface area contributed by atoms with Gasteiger partial charge >= 0.3 is 0 Å². The highest BCUT2D eigenvalue weighted by Crippen LogP contribution is 2.37. The molecule has 0 bridgehead atoms. The van der Waals surface area contributed by atoms with Crippen LogP contribution in [-0.4, -0.2) is 25.8 Å². The first-order chi connectivity index (χ1) is 8.31. The zero-order chi connectivity index (χ0) is 12.1. The van der Waals surface area contributed by atoms with Gasteiger partial charge in [-0.15, -0.1) is 0 Å². The van der Waals surface area contributed by atoms with E-state index in [-0.39, 0.29) is 0 Å². The van der Waals surface area contributed by atoms with E-state index >= 15 is 0 Å². The fourth-order valence-corrected chi connectivity index (χ4v) is 3.71. The maximum absolute atomic E-state index is 6.14. The standard InChI is InChI=1S/C15H29NO/c1-3-16-11-14-8-5-9-17-15(14)13-7-4-6-12(2)10-13/h12-16H,3-11H2,1-2H3. The molecule has 100 valence electrons. The minimum atomic E-state index is 0.547. The van der Waals surface area contributed by atoms with Crippen molar-refractivity contribution in [3.63, 3.8) is 0 Å². The zero-order valence-electron chi connectivity index (χ0n) is 11.6. The lowest BCUT2D eigenvalue weighted by Gasteiger charge is -2.40. The minimum absolute atomic E-state index is 0.547. The van der Waals surface area contributed by atoms with Crippen molar-refractivity contribution in [1.29, 1.82) is 0 Å². The lowest BCUT2D eigenvalue weighted by Crippen LogP contribution is -2.42. The first-order valence-corrected chi connectivity index (χ1v) is 7.63. The van der Waals surface area contributed by atoms with Crippen molar-refractivity contribution in [3.05, 3.63) is 0 Å². The SMILES string of the molecule is CCNCC1CCCOC1C1CCCC(C)C1. The van der Waals surface area contributed by atoms with Crippen molar-refractivity contribution in [2.75, 3.05) is 19.7 Å². The van der Waals surface area contributed by atoms with Crippen LogP contribution < -0.4 is 5.32 Å². The van der Waals surface area contributed by atoms with E-state index in [1.807, 2.05) is 0 Å². The summed E-state index contributed by atoms with van der Waals surface area (Å²) in [4.78, 5) is 0. The summed E-state index contributed by atoms with van der Waals surface area (Å²) in [5, 5.41) is 3.52. The Morgan fingerprint density at radius 3 is 2.82 bits per heavy atom. The third-order valence-electron chi connectivity index (χ3n) is 4.59. The summed E-state index contributed by atoms with van der Waals surface area (Å²) in [6.07, 6.45) is 8.81. The minimum Gasteiger partial charge on any atom is -0.378 e. The Labute approximate surface area is 107 Å². The number of ether oxygens (including phenoxy) is 1. The van der Waals surface area contributed by atoms with Gasteiger partial charge in [0, 0.05) is 13.2 Å². The van der Waals surface area contributed by atoms with Crippen LogP contribution in [0.4, 0.5) is 0 Å². The van der Waals surface area contributed by atoms with Crippen LogP contribution in [0.2, 0.25) is 0 Å². The molecule has 0 aromatic heterocycles. The summed E-state index contributed by atoms with van der Waals surface area (Å²) in [5.41, 5.74) is 0. The monoisotopic (exact) mass is 239 g/mol. The van der Waals surface area contributed by atoms with Crippen LogP contribution >= 0.6 is 0 Å². The fourth-order valence-electron chi connectivity index (χ4n) is 3.71. The van der Waals surface area contributed by atoms with Crippen LogP contribution in [0.25, 0.3) is 0 Å². The third-order valence-corrected chi connectivity index (χ3v) is 4.59. The number of rotatable bonds is 4. The molecule has 4 atom stereocenters. The molecule has 1 aliphatic heterocycles. The van der Waals surface area contributed by atoms with Gasteiger partial charge in [-0.3, -0.25) is 0 Å². The molecule has 1 saturated carbocycles. The lowest BCUT2D eigenvalue weighted by atomic mass is 9.74. The van der Waals surface area contributed by atoms with Gasteiger partial charge in [0.15, 0.2) is 0 Å². The van der Waals surface area contributed by atoms with E-state index in [0.29, 0.717) is 6.10 Å². The van der Waals surface area contributed by atoms with Gasteiger partial charge in [0.1, 0.15) is 0 Å². The van der Waals surface area contributed by atoms with Crippen LogP contribution in [0.5, 0.6) is 0 Å². The molecule has 2 aliphatic rings. The second-order valence-electron chi connectivity index (χ2n) is 6.08. The Kier molecular flexibility index (Phi) is 5.30. The smallest absolute Gasteiger partial charge is 0.0643 e. The molecule has 1 aliphatic carbocycles. The zero-order valence-corrected chi connectivity index (χ0v) is 11.6. The van der Waals surface area contributed by atoms with Crippen molar-refractivity contribution in [2.45, 2.75) is 58.5 Å². The summed E-state index contributed by atoms with van der Waals surface area (Å²) in [6.45, 7) is 7.85. The molecule has 0 spiro atoms. The summed E-state index contributed by atoms with van der Waals surface area (Å²) in [5.74, 6) is 2.51. The molecule has 1 heterocycles. The molecule has 2 fully saturated rings. The Morgan fingerprint density at radius 1 is 1.18 bits per heavy atom. The summed E-state index contributed by atoms with van der Waals surface area (Å²) in [7, 11) is 0. The quantitative estimate of drug-likeness (QED) is 0.813. The molecule has 4 unspecified atom stereocenters. The fraction of sp³-hybridized carbons (Fsp3) is 1.00. The van der Waals surface area contributed by atoms with E-state index in [0.717, 1.165) is 37.5 Å². The molecule has 0 aromatic rings. The summed E-state index contributed by atoms with van der Waals surface area (Å²) >= 11 is 0. The highest BCUT2D eigenvalue weighted by molar-refractivity contribution is 4.85. The van der Waals surface area contributed by atoms with E-state index in [9.17, 15) is 0 Å². The third kappa shape index (κ3) is 3.69. The first kappa shape index (κ1) is 13.4. The molecule has 2 rings (SSSR count). The molecular formula is C15H29NO. The van der Waals surface area contributed by atoms with Gasteiger partial charge in [-0.2, -0.15) is 0 Å². The average Bonchev–Trinajstić information content (AvgIpc) is 2.37. The van der Waals surface area contributed by atoms with Gasteiger partial charge in [-0.1, -0.05) is 26.7 Å². The molecular weight excluding hydrogens is 210 g/mol. The topological polar surface area (TPSA) is 21.3 Å². The van der Waals surface area contributed by atoms with Gasteiger partial charge in [0.05, 0.1) is 6.10 Å². The predicted molar refractivity (Wildman–Crippen MR) is 72.1 cm³/mol. The number of nitrogens with one attached hydrogen (secondary N) is 1. The second kappa shape index (κ2) is 6.75. The maximum atomic E-state index is 6.14. The lowest BCUT2D eigenvalue weighted by molar-refractivity contribution is -0.0718. The Bertz CT molecular complexity index is 219. The highest BCUT2D eigenvalue weighted by Gasteiger charge is 2.34. The average molecular weight is 239 g/mol. The van der Waals surface area contributed by atoms with Gasteiger partial charge in [0.2, 0.25) is 0 Å². The highest BCUT2D eigenvalue weighted by atomic mass is 16.5. The Balaban J connectivity index is 1.90. The molecule has 0 aromatic carbocycles. The summed E-state index contributed by atoms with van der Waals surface area (Å²) < 4.78 is 6.14. The Morgan fingerprint density at radius 2 is 2.06 bits per heavy atom. The predicted octanol–water partition coefficient (Wildman–Crippen LogP) is 3.22. The van der Waals surface area contributed by atoms with E-state index in [2.05, 4.69) is 19.2 Å². The van der Waals surface area contributed by atoms with Crippen molar-refractivity contribution < 1.29 is 4.74 Å². The molecule has 17 heavy (non-hydrogen) atoms. The van der Waals surface area contributed by atoms with E-state index in [4.69, 9.17) is 4.74 Å². The van der Waals surface area contributed by atoms with Crippen LogP contribution in [-0.2, 0) is 4.74 Å². The van der Waals surface area contributed by atoms with Gasteiger partial charge < -0.3 is 10.1 Å². The Hall–Kier alpha value is -0.0800. The molecule has 1 saturated heterocycles. The van der Waals surface area contributed by atoms with Gasteiger partial charge in [0.25, 0.3) is 0 Å². The van der Waals surface area contributed by atoms with Gasteiger partial charge in [-0.05, 0) is 50.0 Å². The number of hydrogen-bond acceptors (Lipinski definition) is 2. The van der Waals surface area contributed by atoms with Crippen LogP contribution in [0.1, 0.15) is 52.4 Å². The maximum Gasteiger partial charge on any atom is 0.0643 e. The van der Waals surface area contributed by atoms with Crippen molar-refractivity contribution in [3.8, 4) is 0 Å². The second-order valence-corrected chi connectivity index (χ2v) is 6.08. The molecule has 0 amide bonds. The van der Waals surface area contributed by atoms with Crippen LogP contribution in [0.15, 0.2) is 0 Å². The van der Waals surface area contributed by atoms with Crippen LogP contribution in [0, 0.1) is 17.8 Å². The van der Waals surface area contributed by atoms with E-state index < -0.39 is 0 Å². The molecule has 1 N–H and O–H groups in total. The van der Waals surface area contributed by atoms with E-state index in [1.54, 1.807) is 0 Å². The van der Waals surface area contributed by atoms with Crippen LogP contribution in [0.3, 0.4) is 0 Å². The van der Waals surface area contributed by atoms with Crippen molar-refractivity contribution in [2.24, 2.45) is 17.8 Å². The normalized spacial score (nSPS) is 39.2. The van der Waals surface area contributed by atoms with E-state index in [1.165, 1.54) is 38.5 Å². The molecule has 2 nitrogen and oxygen atoms in total. The molecule has 2 heteroatoms. The molecule has 0 radical (unpaired) electrons. The van der Waals surface area contributed by atoms with Gasteiger partial charge in [-0.25, -0.2) is 0 Å². The van der Waals surface area contributed by atoms with Crippen molar-refractivity contribution in [1.82, 2.24) is 5.32 Å². The number of hydrogen-bond donors (Lipinski definition) is 1. The summed E-state index contributed by atoms with van der Waals surface area (Å²) in [6, 6.07) is 0. The first-order valence-electron chi connectivity index (χ1n) is 7.63. The van der Waals surface area contributed by atoms with Crippen molar-refractivity contribution >= 4 is 0 Å². The largest absolute Gasteiger partial charge is 0.378 e.